The van der Waals surface area contributed by atoms with Gasteiger partial charge in [0.25, 0.3) is 0 Å². The third-order valence-electron chi connectivity index (χ3n) is 2.88. The van der Waals surface area contributed by atoms with Gasteiger partial charge < -0.3 is 0 Å². The Hall–Kier alpha value is 0.155. The number of allylic oxidation sites excluding steroid dienone is 2. The van der Waals surface area contributed by atoms with Crippen LogP contribution >= 0.6 is 11.8 Å². The quantitative estimate of drug-likeness (QED) is 0.613. The fourth-order valence-electron chi connectivity index (χ4n) is 1.74. The van der Waals surface area contributed by atoms with E-state index in [1.165, 1.54) is 25.0 Å². The third-order valence-corrected chi connectivity index (χ3v) is 4.20. The van der Waals surface area contributed by atoms with Crippen molar-refractivity contribution in [3.63, 3.8) is 0 Å². The van der Waals surface area contributed by atoms with Crippen molar-refractivity contribution in [3.05, 3.63) is 10.5 Å². The summed E-state index contributed by atoms with van der Waals surface area (Å²) < 4.78 is 0. The highest BCUT2D eigenvalue weighted by atomic mass is 32.2. The van der Waals surface area contributed by atoms with Crippen LogP contribution in [0.3, 0.4) is 0 Å². The summed E-state index contributed by atoms with van der Waals surface area (Å²) in [5.41, 5.74) is 1.62. The topological polar surface area (TPSA) is 0 Å². The van der Waals surface area contributed by atoms with Crippen molar-refractivity contribution < 1.29 is 0 Å². The zero-order valence-corrected chi connectivity index (χ0v) is 9.79. The standard InChI is InChI=1S/C11H19BS/c1-8(12)5-4-6-11-7-13-10(3)9(11)2/h8,11H,4-7H2,1-3H3. The average molecular weight is 194 g/mol. The van der Waals surface area contributed by atoms with E-state index in [0.29, 0.717) is 5.82 Å². The van der Waals surface area contributed by atoms with Gasteiger partial charge in [-0.15, -0.1) is 11.8 Å². The van der Waals surface area contributed by atoms with Crippen LogP contribution in [0.5, 0.6) is 0 Å². The Kier molecular flexibility index (Phi) is 4.44. The van der Waals surface area contributed by atoms with E-state index in [2.05, 4.69) is 20.8 Å². The van der Waals surface area contributed by atoms with E-state index in [1.807, 2.05) is 11.8 Å². The summed E-state index contributed by atoms with van der Waals surface area (Å²) in [5, 5.41) is 0. The molecule has 0 spiro atoms. The molecule has 13 heavy (non-hydrogen) atoms. The van der Waals surface area contributed by atoms with Crippen molar-refractivity contribution >= 4 is 19.6 Å². The van der Waals surface area contributed by atoms with Crippen LogP contribution in [0, 0.1) is 5.92 Å². The first-order valence-corrected chi connectivity index (χ1v) is 6.15. The van der Waals surface area contributed by atoms with Crippen molar-refractivity contribution in [2.24, 2.45) is 5.92 Å². The molecule has 1 heterocycles. The fraction of sp³-hybridized carbons (Fsp3) is 0.818. The van der Waals surface area contributed by atoms with Gasteiger partial charge >= 0.3 is 0 Å². The molecule has 2 heteroatoms. The lowest BCUT2D eigenvalue weighted by Crippen LogP contribution is -2.01. The second kappa shape index (κ2) is 5.14. The Morgan fingerprint density at radius 3 is 2.69 bits per heavy atom. The Balaban J connectivity index is 2.24. The van der Waals surface area contributed by atoms with Crippen LogP contribution in [0.25, 0.3) is 0 Å². The minimum Gasteiger partial charge on any atom is -0.130 e. The molecule has 1 rings (SSSR count). The molecular weight excluding hydrogens is 175 g/mol. The molecular formula is C11H19BS. The van der Waals surface area contributed by atoms with Crippen molar-refractivity contribution in [2.75, 3.05) is 5.75 Å². The van der Waals surface area contributed by atoms with Crippen LogP contribution in [0.4, 0.5) is 0 Å². The monoisotopic (exact) mass is 194 g/mol. The zero-order valence-electron chi connectivity index (χ0n) is 8.97. The minimum atomic E-state index is 0.374. The molecule has 2 radical (unpaired) electrons. The Morgan fingerprint density at radius 2 is 2.23 bits per heavy atom. The smallest absolute Gasteiger partial charge is 0.0695 e. The molecule has 0 saturated heterocycles. The summed E-state index contributed by atoms with van der Waals surface area (Å²) >= 11 is 2.02. The normalized spacial score (nSPS) is 25.3. The highest BCUT2D eigenvalue weighted by molar-refractivity contribution is 8.03. The van der Waals surface area contributed by atoms with Gasteiger partial charge in [-0.25, -0.2) is 0 Å². The lowest BCUT2D eigenvalue weighted by atomic mass is 9.83. The first kappa shape index (κ1) is 11.2. The molecule has 2 atom stereocenters. The Bertz CT molecular complexity index is 196. The van der Waals surface area contributed by atoms with Crippen molar-refractivity contribution in [1.29, 1.82) is 0 Å². The molecule has 0 aromatic carbocycles. The summed E-state index contributed by atoms with van der Waals surface area (Å²) in [7, 11) is 5.72. The fourth-order valence-corrected chi connectivity index (χ4v) is 3.00. The highest BCUT2D eigenvalue weighted by Gasteiger charge is 2.19. The molecule has 0 aliphatic carbocycles. The highest BCUT2D eigenvalue weighted by Crippen LogP contribution is 2.37. The maximum absolute atomic E-state index is 5.72. The van der Waals surface area contributed by atoms with Gasteiger partial charge in [-0.3, -0.25) is 0 Å². The number of hydrogen-bond acceptors (Lipinski definition) is 1. The molecule has 0 fully saturated rings. The zero-order chi connectivity index (χ0) is 9.84. The van der Waals surface area contributed by atoms with Gasteiger partial charge in [0.05, 0.1) is 7.85 Å². The first-order valence-electron chi connectivity index (χ1n) is 5.17. The van der Waals surface area contributed by atoms with Gasteiger partial charge in [0.1, 0.15) is 0 Å². The van der Waals surface area contributed by atoms with Crippen LogP contribution in [0.2, 0.25) is 5.82 Å². The number of thioether (sulfide) groups is 1. The molecule has 0 nitrogen and oxygen atoms in total. The maximum atomic E-state index is 5.72. The van der Waals surface area contributed by atoms with Crippen molar-refractivity contribution in [1.82, 2.24) is 0 Å². The average Bonchev–Trinajstić information content (AvgIpc) is 2.35. The Labute approximate surface area is 88.0 Å². The van der Waals surface area contributed by atoms with E-state index >= 15 is 0 Å². The van der Waals surface area contributed by atoms with E-state index in [0.717, 1.165) is 5.92 Å². The van der Waals surface area contributed by atoms with Gasteiger partial charge in [0.2, 0.25) is 0 Å². The third kappa shape index (κ3) is 3.42. The van der Waals surface area contributed by atoms with E-state index in [4.69, 9.17) is 7.85 Å². The second-order valence-electron chi connectivity index (χ2n) is 4.16. The molecule has 2 unspecified atom stereocenters. The largest absolute Gasteiger partial charge is 0.130 e. The van der Waals surface area contributed by atoms with Crippen LogP contribution in [0.1, 0.15) is 40.0 Å². The second-order valence-corrected chi connectivity index (χ2v) is 5.39. The Morgan fingerprint density at radius 1 is 1.54 bits per heavy atom. The number of hydrogen-bond donors (Lipinski definition) is 0. The molecule has 0 N–H and O–H groups in total. The van der Waals surface area contributed by atoms with Crippen molar-refractivity contribution in [3.8, 4) is 0 Å². The summed E-state index contributed by atoms with van der Waals surface area (Å²) in [6, 6.07) is 0. The van der Waals surface area contributed by atoms with E-state index in [9.17, 15) is 0 Å². The lowest BCUT2D eigenvalue weighted by molar-refractivity contribution is 0.564. The van der Waals surface area contributed by atoms with Crippen molar-refractivity contribution in [2.45, 2.75) is 45.9 Å². The van der Waals surface area contributed by atoms with Crippen LogP contribution in [0.15, 0.2) is 10.5 Å². The maximum Gasteiger partial charge on any atom is 0.0695 e. The van der Waals surface area contributed by atoms with Gasteiger partial charge in [-0.2, -0.15) is 0 Å². The van der Waals surface area contributed by atoms with Gasteiger partial charge in [-0.1, -0.05) is 31.2 Å². The summed E-state index contributed by atoms with van der Waals surface area (Å²) in [5.74, 6) is 2.51. The van der Waals surface area contributed by atoms with Crippen LogP contribution < -0.4 is 0 Å². The predicted molar refractivity (Wildman–Crippen MR) is 63.4 cm³/mol. The van der Waals surface area contributed by atoms with Crippen LogP contribution in [-0.4, -0.2) is 13.6 Å². The summed E-state index contributed by atoms with van der Waals surface area (Å²) in [6.45, 7) is 6.62. The van der Waals surface area contributed by atoms with E-state index < -0.39 is 0 Å². The lowest BCUT2D eigenvalue weighted by Gasteiger charge is -2.11. The minimum absolute atomic E-state index is 0.374. The first-order chi connectivity index (χ1) is 6.11. The van der Waals surface area contributed by atoms with Crippen LogP contribution in [-0.2, 0) is 0 Å². The number of rotatable bonds is 4. The molecule has 0 bridgehead atoms. The molecule has 1 aliphatic rings. The molecule has 0 aromatic heterocycles. The summed E-state index contributed by atoms with van der Waals surface area (Å²) in [6.07, 6.45) is 3.79. The molecule has 0 aromatic rings. The van der Waals surface area contributed by atoms with E-state index in [-0.39, 0.29) is 0 Å². The van der Waals surface area contributed by atoms with Gasteiger partial charge in [-0.05, 0) is 31.1 Å². The van der Waals surface area contributed by atoms with E-state index in [1.54, 1.807) is 10.5 Å². The molecule has 72 valence electrons. The predicted octanol–water partition coefficient (Wildman–Crippen LogP) is 3.79. The van der Waals surface area contributed by atoms with Gasteiger partial charge in [0, 0.05) is 5.75 Å². The van der Waals surface area contributed by atoms with Gasteiger partial charge in [0.15, 0.2) is 0 Å². The SMILES string of the molecule is [B]C(C)CCCC1CSC(C)=C1C. The summed E-state index contributed by atoms with van der Waals surface area (Å²) in [4.78, 5) is 1.55. The molecule has 0 amide bonds. The molecule has 1 aliphatic heterocycles. The molecule has 0 saturated carbocycles.